The minimum Gasteiger partial charge on any atom is -0.352 e. The van der Waals surface area contributed by atoms with E-state index >= 15 is 0 Å². The largest absolute Gasteiger partial charge is 0.352 e. The summed E-state index contributed by atoms with van der Waals surface area (Å²) in [4.78, 5) is 18.8. The first-order valence-corrected chi connectivity index (χ1v) is 8.96. The molecule has 3 rings (SSSR count). The van der Waals surface area contributed by atoms with E-state index in [1.807, 2.05) is 36.5 Å². The number of benzene rings is 1. The third kappa shape index (κ3) is 5.01. The number of hydrogen-bond donors (Lipinski definition) is 2. The van der Waals surface area contributed by atoms with Crippen LogP contribution in [0.5, 0.6) is 0 Å². The van der Waals surface area contributed by atoms with Crippen LogP contribution in [0, 0.1) is 0 Å². The van der Waals surface area contributed by atoms with Crippen LogP contribution in [0.15, 0.2) is 48.8 Å². The molecule has 1 aliphatic heterocycles. The lowest BCUT2D eigenvalue weighted by Gasteiger charge is -2.36. The molecule has 1 aromatic carbocycles. The Morgan fingerprint density at radius 2 is 2.20 bits per heavy atom. The second kappa shape index (κ2) is 8.94. The molecule has 1 saturated heterocycles. The van der Waals surface area contributed by atoms with E-state index in [1.165, 1.54) is 5.56 Å². The lowest BCUT2D eigenvalue weighted by atomic mass is 10.1. The minimum atomic E-state index is 0.0448. The van der Waals surface area contributed by atoms with Crippen LogP contribution in [-0.4, -0.2) is 42.0 Å². The Kier molecular flexibility index (Phi) is 6.39. The van der Waals surface area contributed by atoms with Gasteiger partial charge in [-0.1, -0.05) is 35.9 Å². The van der Waals surface area contributed by atoms with Gasteiger partial charge in [0.1, 0.15) is 0 Å². The zero-order valence-electron chi connectivity index (χ0n) is 14.1. The zero-order valence-corrected chi connectivity index (χ0v) is 14.9. The highest BCUT2D eigenvalue weighted by Gasteiger charge is 2.24. The van der Waals surface area contributed by atoms with Crippen LogP contribution in [0.4, 0.5) is 0 Å². The van der Waals surface area contributed by atoms with Gasteiger partial charge in [0.2, 0.25) is 5.91 Å². The van der Waals surface area contributed by atoms with Gasteiger partial charge in [-0.05, 0) is 23.3 Å². The molecule has 0 spiro atoms. The second-order valence-electron chi connectivity index (χ2n) is 6.16. The van der Waals surface area contributed by atoms with Crippen molar-refractivity contribution in [3.05, 3.63) is 64.9 Å². The van der Waals surface area contributed by atoms with E-state index < -0.39 is 0 Å². The van der Waals surface area contributed by atoms with E-state index in [4.69, 9.17) is 11.6 Å². The summed E-state index contributed by atoms with van der Waals surface area (Å²) in [5.74, 6) is 0.0448. The maximum Gasteiger partial charge on any atom is 0.221 e. The first kappa shape index (κ1) is 17.9. The molecule has 0 bridgehead atoms. The highest BCUT2D eigenvalue weighted by atomic mass is 35.5. The number of amides is 1. The number of piperazine rings is 1. The summed E-state index contributed by atoms with van der Waals surface area (Å²) in [6, 6.07) is 11.9. The summed E-state index contributed by atoms with van der Waals surface area (Å²) in [6.07, 6.45) is 4.16. The summed E-state index contributed by atoms with van der Waals surface area (Å²) in [5.41, 5.74) is 2.12. The fourth-order valence-electron chi connectivity index (χ4n) is 3.08. The van der Waals surface area contributed by atoms with Gasteiger partial charge in [0.05, 0.1) is 0 Å². The summed E-state index contributed by atoms with van der Waals surface area (Å²) in [5, 5.41) is 7.06. The summed E-state index contributed by atoms with van der Waals surface area (Å²) < 4.78 is 0. The fraction of sp³-hybridized carbons (Fsp3) is 0.368. The van der Waals surface area contributed by atoms with Gasteiger partial charge in [-0.25, -0.2) is 0 Å². The molecule has 0 saturated carbocycles. The maximum absolute atomic E-state index is 12.2. The smallest absolute Gasteiger partial charge is 0.221 e. The Morgan fingerprint density at radius 1 is 1.32 bits per heavy atom. The monoisotopic (exact) mass is 358 g/mol. The van der Waals surface area contributed by atoms with Crippen molar-refractivity contribution in [2.75, 3.05) is 26.2 Å². The number of aromatic nitrogens is 1. The fourth-order valence-corrected chi connectivity index (χ4v) is 3.29. The highest BCUT2D eigenvalue weighted by molar-refractivity contribution is 6.31. The summed E-state index contributed by atoms with van der Waals surface area (Å²) in [6.45, 7) is 3.95. The minimum absolute atomic E-state index is 0.0448. The molecule has 1 atom stereocenters. The van der Waals surface area contributed by atoms with E-state index in [9.17, 15) is 4.79 Å². The Labute approximate surface area is 153 Å². The van der Waals surface area contributed by atoms with Gasteiger partial charge < -0.3 is 10.6 Å². The zero-order chi connectivity index (χ0) is 17.5. The molecule has 2 heterocycles. The van der Waals surface area contributed by atoms with Crippen molar-refractivity contribution in [3.8, 4) is 0 Å². The second-order valence-corrected chi connectivity index (χ2v) is 6.57. The first-order valence-electron chi connectivity index (χ1n) is 8.59. The van der Waals surface area contributed by atoms with Crippen molar-refractivity contribution in [2.45, 2.75) is 19.0 Å². The third-order valence-corrected chi connectivity index (χ3v) is 4.85. The predicted octanol–water partition coefficient (Wildman–Crippen LogP) is 2.39. The van der Waals surface area contributed by atoms with Gasteiger partial charge in [0, 0.05) is 62.6 Å². The maximum atomic E-state index is 12.2. The third-order valence-electron chi connectivity index (χ3n) is 4.48. The quantitative estimate of drug-likeness (QED) is 0.832. The average Bonchev–Trinajstić information content (AvgIpc) is 2.66. The van der Waals surface area contributed by atoms with Crippen molar-refractivity contribution >= 4 is 17.5 Å². The SMILES string of the molecule is O=C(CCN1CCNCC1c1cccnc1)NCc1ccccc1Cl. The van der Waals surface area contributed by atoms with Crippen molar-refractivity contribution in [1.29, 1.82) is 0 Å². The standard InChI is InChI=1S/C19H23ClN4O/c20-17-6-2-1-4-15(17)13-23-19(25)7-10-24-11-9-22-14-18(24)16-5-3-8-21-12-16/h1-6,8,12,18,22H,7,9-11,13-14H2,(H,23,25). The molecule has 2 aromatic rings. The van der Waals surface area contributed by atoms with Gasteiger partial charge >= 0.3 is 0 Å². The normalized spacial score (nSPS) is 18.0. The number of halogens is 1. The lowest BCUT2D eigenvalue weighted by molar-refractivity contribution is -0.121. The number of nitrogens with one attached hydrogen (secondary N) is 2. The molecular weight excluding hydrogens is 336 g/mol. The van der Waals surface area contributed by atoms with Crippen molar-refractivity contribution in [2.24, 2.45) is 0 Å². The van der Waals surface area contributed by atoms with E-state index in [-0.39, 0.29) is 11.9 Å². The van der Waals surface area contributed by atoms with Gasteiger partial charge in [-0.2, -0.15) is 0 Å². The number of pyridine rings is 1. The number of carbonyl (C=O) groups excluding carboxylic acids is 1. The molecular formula is C19H23ClN4O. The number of rotatable bonds is 6. The number of carbonyl (C=O) groups is 1. The van der Waals surface area contributed by atoms with E-state index in [0.29, 0.717) is 18.0 Å². The van der Waals surface area contributed by atoms with Crippen LogP contribution in [0.3, 0.4) is 0 Å². The van der Waals surface area contributed by atoms with Crippen LogP contribution in [0.25, 0.3) is 0 Å². The van der Waals surface area contributed by atoms with Crippen LogP contribution >= 0.6 is 11.6 Å². The Hall–Kier alpha value is -1.95. The van der Waals surface area contributed by atoms with Crippen LogP contribution < -0.4 is 10.6 Å². The Bertz CT molecular complexity index is 695. The molecule has 6 heteroatoms. The molecule has 1 unspecified atom stereocenters. The van der Waals surface area contributed by atoms with Gasteiger partial charge in [0.15, 0.2) is 0 Å². The molecule has 1 fully saturated rings. The highest BCUT2D eigenvalue weighted by Crippen LogP contribution is 2.21. The first-order chi connectivity index (χ1) is 12.2. The molecule has 5 nitrogen and oxygen atoms in total. The molecule has 1 aromatic heterocycles. The van der Waals surface area contributed by atoms with Gasteiger partial charge in [-0.15, -0.1) is 0 Å². The molecule has 2 N–H and O–H groups in total. The van der Waals surface area contributed by atoms with Crippen LogP contribution in [0.2, 0.25) is 5.02 Å². The van der Waals surface area contributed by atoms with Crippen LogP contribution in [0.1, 0.15) is 23.6 Å². The summed E-state index contributed by atoms with van der Waals surface area (Å²) >= 11 is 6.12. The summed E-state index contributed by atoms with van der Waals surface area (Å²) in [7, 11) is 0. The molecule has 1 aliphatic rings. The molecule has 1 amide bonds. The van der Waals surface area contributed by atoms with Crippen molar-refractivity contribution in [3.63, 3.8) is 0 Å². The van der Waals surface area contributed by atoms with E-state index in [0.717, 1.165) is 31.7 Å². The van der Waals surface area contributed by atoms with Gasteiger partial charge in [-0.3, -0.25) is 14.7 Å². The molecule has 0 aliphatic carbocycles. The lowest BCUT2D eigenvalue weighted by Crippen LogP contribution is -2.47. The van der Waals surface area contributed by atoms with Crippen molar-refractivity contribution < 1.29 is 4.79 Å². The molecule has 0 radical (unpaired) electrons. The van der Waals surface area contributed by atoms with E-state index in [1.54, 1.807) is 6.20 Å². The predicted molar refractivity (Wildman–Crippen MR) is 99.3 cm³/mol. The number of nitrogens with zero attached hydrogens (tertiary/aromatic N) is 2. The van der Waals surface area contributed by atoms with Gasteiger partial charge in [0.25, 0.3) is 0 Å². The number of hydrogen-bond acceptors (Lipinski definition) is 4. The molecule has 132 valence electrons. The van der Waals surface area contributed by atoms with E-state index in [2.05, 4.69) is 26.6 Å². The topological polar surface area (TPSA) is 57.3 Å². The molecule has 25 heavy (non-hydrogen) atoms. The Balaban J connectivity index is 1.51. The Morgan fingerprint density at radius 3 is 3.00 bits per heavy atom. The van der Waals surface area contributed by atoms with Crippen LogP contribution in [-0.2, 0) is 11.3 Å². The van der Waals surface area contributed by atoms with Crippen molar-refractivity contribution in [1.82, 2.24) is 20.5 Å². The average molecular weight is 359 g/mol.